The molecule has 0 radical (unpaired) electrons. The Morgan fingerprint density at radius 3 is 2.43 bits per heavy atom. The second kappa shape index (κ2) is 12.9. The minimum Gasteiger partial charge on any atom is -0.504 e. The number of carbonyl (C=O) groups is 4. The number of phenols is 2. The molecule has 0 bridgehead atoms. The summed E-state index contributed by atoms with van der Waals surface area (Å²) in [5.41, 5.74) is 20.8. The summed E-state index contributed by atoms with van der Waals surface area (Å²) in [6.45, 7) is -0.176. The molecule has 2 fully saturated rings. The van der Waals surface area contributed by atoms with E-state index in [1.807, 2.05) is 0 Å². The van der Waals surface area contributed by atoms with E-state index in [9.17, 15) is 39.6 Å². The number of hydrogen-bond donors (Lipinski definition) is 9. The lowest BCUT2D eigenvalue weighted by Crippen LogP contribution is -2.74. The number of thioether (sulfide) groups is 2. The van der Waals surface area contributed by atoms with E-state index in [0.29, 0.717) is 0 Å². The van der Waals surface area contributed by atoms with Gasteiger partial charge in [-0.3, -0.25) is 14.4 Å². The number of nitrogens with one attached hydrogen (secondary N) is 1. The molecule has 3 aromatic rings. The van der Waals surface area contributed by atoms with Crippen LogP contribution in [0.2, 0.25) is 0 Å². The number of amides is 2. The van der Waals surface area contributed by atoms with Gasteiger partial charge in [0.15, 0.2) is 39.1 Å². The summed E-state index contributed by atoms with van der Waals surface area (Å²) < 4.78 is 0. The zero-order chi connectivity index (χ0) is 34.2. The van der Waals surface area contributed by atoms with Gasteiger partial charge in [0, 0.05) is 29.0 Å². The van der Waals surface area contributed by atoms with Crippen molar-refractivity contribution in [1.82, 2.24) is 25.2 Å². The van der Waals surface area contributed by atoms with Crippen LogP contribution in [0.15, 0.2) is 33.9 Å². The number of rotatable bonds is 11. The lowest BCUT2D eigenvalue weighted by molar-refractivity contribution is -0.157. The molecule has 22 heteroatoms. The Kier molecular flexibility index (Phi) is 9.09. The number of carbonyl (C=O) groups excluding carboxylic acids is 2. The van der Waals surface area contributed by atoms with E-state index in [4.69, 9.17) is 27.8 Å². The van der Waals surface area contributed by atoms with Crippen molar-refractivity contribution in [3.63, 3.8) is 0 Å². The molecule has 0 spiro atoms. The predicted octanol–water partition coefficient (Wildman–Crippen LogP) is -0.517. The number of hydrogen-bond acceptors (Lipinski definition) is 18. The molecule has 2 unspecified atom stereocenters. The predicted molar refractivity (Wildman–Crippen MR) is 170 cm³/mol. The van der Waals surface area contributed by atoms with Gasteiger partial charge in [-0.25, -0.2) is 19.7 Å². The summed E-state index contributed by atoms with van der Waals surface area (Å²) in [6.07, 6.45) is -1.82. The van der Waals surface area contributed by atoms with Gasteiger partial charge in [-0.2, -0.15) is 0 Å². The molecule has 4 heterocycles. The standard InChI is InChI=1S/C25H26N10O9S3/c26-12-16(27)32-24(33-17(12)28)47-7-25(22(42)43)5-35-19(39)14(20(35)46-6-25)31-18(38)13(9-4-45-23(29)30-9)34-44-15(21(40)41)8-1-2-10(36)11(37)3-8/h1-4,14-15,20,36-37H,5-7,26H2,(H2,29,30)(H,31,38)(H,40,41)(H,42,43)(H4,27,28,32,33)/t14?,15-,20+,25?/m0/s1. The molecule has 19 nitrogen and oxygen atoms in total. The lowest BCUT2D eigenvalue weighted by Gasteiger charge is -2.53. The number of carboxylic acids is 2. The number of aliphatic carboxylic acids is 2. The number of nitrogen functional groups attached to an aromatic ring is 4. The minimum atomic E-state index is -1.82. The molecule has 2 aliphatic rings. The normalized spacial score (nSPS) is 21.3. The van der Waals surface area contributed by atoms with Gasteiger partial charge in [0.25, 0.3) is 5.91 Å². The highest BCUT2D eigenvalue weighted by Crippen LogP contribution is 2.44. The maximum atomic E-state index is 13.4. The number of aromatic nitrogens is 3. The van der Waals surface area contributed by atoms with Crippen LogP contribution in [0.4, 0.5) is 22.5 Å². The zero-order valence-electron chi connectivity index (χ0n) is 23.8. The zero-order valence-corrected chi connectivity index (χ0v) is 26.2. The lowest BCUT2D eigenvalue weighted by atomic mass is 9.89. The van der Waals surface area contributed by atoms with Gasteiger partial charge in [0.2, 0.25) is 12.0 Å². The first-order valence-corrected chi connectivity index (χ1v) is 16.1. The molecule has 2 amide bonds. The quantitative estimate of drug-likeness (QED) is 0.0302. The second-order valence-electron chi connectivity index (χ2n) is 10.3. The van der Waals surface area contributed by atoms with E-state index in [0.717, 1.165) is 47.0 Å². The maximum absolute atomic E-state index is 13.4. The van der Waals surface area contributed by atoms with Gasteiger partial charge in [0.05, 0.1) is 0 Å². The number of aromatic hydroxyl groups is 2. The summed E-state index contributed by atoms with van der Waals surface area (Å²) in [6, 6.07) is 2.09. The number of nitrogens with two attached hydrogens (primary N) is 4. The van der Waals surface area contributed by atoms with Crippen LogP contribution in [0.1, 0.15) is 17.4 Å². The first-order chi connectivity index (χ1) is 22.2. The van der Waals surface area contributed by atoms with Crippen molar-refractivity contribution in [2.75, 3.05) is 41.0 Å². The highest BCUT2D eigenvalue weighted by molar-refractivity contribution is 8.00. The third-order valence-corrected chi connectivity index (χ3v) is 10.5. The van der Waals surface area contributed by atoms with Gasteiger partial charge in [-0.15, -0.1) is 23.1 Å². The number of anilines is 4. The molecule has 4 atom stereocenters. The summed E-state index contributed by atoms with van der Waals surface area (Å²) in [7, 11) is 0. The smallest absolute Gasteiger partial charge is 0.352 e. The molecule has 2 saturated heterocycles. The van der Waals surface area contributed by atoms with E-state index < -0.39 is 63.9 Å². The molecule has 1 aromatic carbocycles. The highest BCUT2D eigenvalue weighted by atomic mass is 32.2. The molecule has 47 heavy (non-hydrogen) atoms. The van der Waals surface area contributed by atoms with Crippen molar-refractivity contribution in [1.29, 1.82) is 0 Å². The largest absolute Gasteiger partial charge is 0.504 e. The monoisotopic (exact) mass is 706 g/mol. The van der Waals surface area contributed by atoms with Crippen LogP contribution in [-0.2, 0) is 24.0 Å². The summed E-state index contributed by atoms with van der Waals surface area (Å²) >= 11 is 3.09. The highest BCUT2D eigenvalue weighted by Gasteiger charge is 2.57. The van der Waals surface area contributed by atoms with Gasteiger partial charge in [-0.05, 0) is 12.1 Å². The van der Waals surface area contributed by atoms with Crippen molar-refractivity contribution in [2.45, 2.75) is 22.7 Å². The topological polar surface area (TPSA) is 329 Å². The fourth-order valence-corrected chi connectivity index (χ4v) is 7.79. The summed E-state index contributed by atoms with van der Waals surface area (Å²) in [4.78, 5) is 69.6. The van der Waals surface area contributed by atoms with Gasteiger partial charge < -0.3 is 58.4 Å². The fourth-order valence-electron chi connectivity index (χ4n) is 4.52. The number of thiazole rings is 1. The van der Waals surface area contributed by atoms with Crippen LogP contribution < -0.4 is 28.3 Å². The Hall–Kier alpha value is -5.22. The molecule has 248 valence electrons. The Morgan fingerprint density at radius 1 is 1.13 bits per heavy atom. The molecule has 13 N–H and O–H groups in total. The van der Waals surface area contributed by atoms with E-state index in [1.165, 1.54) is 16.3 Å². The van der Waals surface area contributed by atoms with Crippen molar-refractivity contribution in [3.8, 4) is 11.5 Å². The van der Waals surface area contributed by atoms with Crippen LogP contribution >= 0.6 is 34.9 Å². The minimum absolute atomic E-state index is 0.00923. The molecule has 0 saturated carbocycles. The van der Waals surface area contributed by atoms with E-state index in [-0.39, 0.29) is 56.9 Å². The molecule has 2 aromatic heterocycles. The Balaban J connectivity index is 1.30. The third kappa shape index (κ3) is 6.55. The average molecular weight is 707 g/mol. The Labute approximate surface area is 276 Å². The van der Waals surface area contributed by atoms with E-state index >= 15 is 0 Å². The van der Waals surface area contributed by atoms with Gasteiger partial charge in [0.1, 0.15) is 28.2 Å². The van der Waals surface area contributed by atoms with Gasteiger partial charge >= 0.3 is 11.9 Å². The number of β-lactam (4-membered cyclic amide) rings is 1. The molecule has 2 aliphatic heterocycles. The van der Waals surface area contributed by atoms with Crippen molar-refractivity contribution in [2.24, 2.45) is 10.6 Å². The number of oxime groups is 1. The van der Waals surface area contributed by atoms with Crippen LogP contribution in [-0.4, -0.2) is 99.2 Å². The number of carboxylic acid groups (broad SMARTS) is 2. The van der Waals surface area contributed by atoms with Crippen molar-refractivity contribution >= 4 is 86.8 Å². The molecule has 0 aliphatic carbocycles. The summed E-state index contributed by atoms with van der Waals surface area (Å²) in [5.74, 6) is -5.39. The first kappa shape index (κ1) is 33.2. The number of nitrogens with zero attached hydrogens (tertiary/aromatic N) is 5. The number of phenolic OH excluding ortho intramolecular Hbond substituents is 2. The van der Waals surface area contributed by atoms with E-state index in [1.54, 1.807) is 0 Å². The summed E-state index contributed by atoms with van der Waals surface area (Å²) in [5, 5.41) is 46.4. The van der Waals surface area contributed by atoms with Crippen LogP contribution in [0.3, 0.4) is 0 Å². The molecular weight excluding hydrogens is 681 g/mol. The van der Waals surface area contributed by atoms with Crippen molar-refractivity contribution < 1.29 is 44.4 Å². The Morgan fingerprint density at radius 2 is 1.83 bits per heavy atom. The van der Waals surface area contributed by atoms with Gasteiger partial charge in [-0.1, -0.05) is 23.0 Å². The third-order valence-electron chi connectivity index (χ3n) is 7.10. The fraction of sp³-hybridized carbons (Fsp3) is 0.280. The number of fused-ring (bicyclic) bond motifs is 1. The van der Waals surface area contributed by atoms with Crippen LogP contribution in [0.25, 0.3) is 0 Å². The van der Waals surface area contributed by atoms with Crippen LogP contribution in [0, 0.1) is 5.41 Å². The first-order valence-electron chi connectivity index (χ1n) is 13.2. The van der Waals surface area contributed by atoms with Crippen LogP contribution in [0.5, 0.6) is 11.5 Å². The molecular formula is C25H26N10O9S3. The number of benzene rings is 1. The van der Waals surface area contributed by atoms with E-state index in [2.05, 4.69) is 25.4 Å². The van der Waals surface area contributed by atoms with Crippen molar-refractivity contribution in [3.05, 3.63) is 34.8 Å². The molecule has 5 rings (SSSR count). The maximum Gasteiger partial charge on any atom is 0.352 e. The SMILES string of the molecule is Nc1nc(C(=NO[C@H](C(=O)O)c2ccc(O)c(O)c2)C(=O)NC2C(=O)N3CC(CSc4nc(N)c(N)c(N)n4)(C(=O)O)CS[C@H]23)cs1. The Bertz CT molecular complexity index is 1780. The second-order valence-corrected chi connectivity index (χ2v) is 13.2. The average Bonchev–Trinajstić information content (AvgIpc) is 3.46.